The predicted molar refractivity (Wildman–Crippen MR) is 44.0 cm³/mol. The number of likely N-dealkylation sites (tertiary alicyclic amines) is 1. The standard InChI is InChI=1S/C8H13NO4/c1-9-6(4-10)5(8(12)13)2-3-7(9)11/h5-6,10H,2-4H2,1H3,(H,12,13). The highest BCUT2D eigenvalue weighted by Gasteiger charge is 2.37. The van der Waals surface area contributed by atoms with Gasteiger partial charge in [-0.05, 0) is 6.42 Å². The van der Waals surface area contributed by atoms with Crippen molar-refractivity contribution in [3.8, 4) is 0 Å². The molecule has 1 heterocycles. The molecule has 1 fully saturated rings. The van der Waals surface area contributed by atoms with Gasteiger partial charge in [0, 0.05) is 13.5 Å². The highest BCUT2D eigenvalue weighted by molar-refractivity contribution is 5.81. The van der Waals surface area contributed by atoms with E-state index in [2.05, 4.69) is 0 Å². The van der Waals surface area contributed by atoms with E-state index < -0.39 is 17.9 Å². The lowest BCUT2D eigenvalue weighted by atomic mass is 9.90. The van der Waals surface area contributed by atoms with Crippen molar-refractivity contribution in [3.05, 3.63) is 0 Å². The second kappa shape index (κ2) is 3.74. The summed E-state index contributed by atoms with van der Waals surface area (Å²) in [6, 6.07) is -0.571. The summed E-state index contributed by atoms with van der Waals surface area (Å²) in [7, 11) is 1.53. The molecule has 0 aromatic rings. The molecule has 2 N–H and O–H groups in total. The maximum absolute atomic E-state index is 11.2. The Balaban J connectivity index is 2.77. The Hall–Kier alpha value is -1.10. The highest BCUT2D eigenvalue weighted by atomic mass is 16.4. The van der Waals surface area contributed by atoms with Crippen molar-refractivity contribution in [2.45, 2.75) is 18.9 Å². The van der Waals surface area contributed by atoms with Crippen LogP contribution in [0.3, 0.4) is 0 Å². The van der Waals surface area contributed by atoms with Crippen molar-refractivity contribution in [1.29, 1.82) is 0 Å². The van der Waals surface area contributed by atoms with Crippen molar-refractivity contribution in [3.63, 3.8) is 0 Å². The number of carboxylic acid groups (broad SMARTS) is 1. The fourth-order valence-electron chi connectivity index (χ4n) is 1.64. The third-order valence-corrected chi connectivity index (χ3v) is 2.53. The van der Waals surface area contributed by atoms with E-state index in [1.54, 1.807) is 0 Å². The quantitative estimate of drug-likeness (QED) is 0.599. The first kappa shape index (κ1) is 9.98. The van der Waals surface area contributed by atoms with Crippen molar-refractivity contribution in [2.75, 3.05) is 13.7 Å². The lowest BCUT2D eigenvalue weighted by molar-refractivity contribution is -0.152. The van der Waals surface area contributed by atoms with Crippen LogP contribution in [0.25, 0.3) is 0 Å². The molecule has 74 valence electrons. The Morgan fingerprint density at radius 1 is 1.69 bits per heavy atom. The van der Waals surface area contributed by atoms with Gasteiger partial charge >= 0.3 is 5.97 Å². The van der Waals surface area contributed by atoms with Crippen molar-refractivity contribution in [1.82, 2.24) is 4.90 Å². The van der Waals surface area contributed by atoms with Gasteiger partial charge in [0.05, 0.1) is 18.6 Å². The Bertz CT molecular complexity index is 228. The van der Waals surface area contributed by atoms with Crippen molar-refractivity contribution < 1.29 is 19.8 Å². The zero-order chi connectivity index (χ0) is 10.0. The van der Waals surface area contributed by atoms with Crippen LogP contribution in [0, 0.1) is 5.92 Å². The van der Waals surface area contributed by atoms with Gasteiger partial charge in [-0.3, -0.25) is 9.59 Å². The van der Waals surface area contributed by atoms with Gasteiger partial charge in [-0.1, -0.05) is 0 Å². The number of carboxylic acids is 1. The van der Waals surface area contributed by atoms with Gasteiger partial charge in [0.15, 0.2) is 0 Å². The summed E-state index contributed by atoms with van der Waals surface area (Å²) in [5.74, 6) is -1.68. The fraction of sp³-hybridized carbons (Fsp3) is 0.750. The minimum absolute atomic E-state index is 0.100. The van der Waals surface area contributed by atoms with Gasteiger partial charge in [-0.15, -0.1) is 0 Å². The lowest BCUT2D eigenvalue weighted by Gasteiger charge is -2.35. The maximum Gasteiger partial charge on any atom is 0.308 e. The molecule has 0 aromatic heterocycles. The summed E-state index contributed by atoms with van der Waals surface area (Å²) < 4.78 is 0. The fourth-order valence-corrected chi connectivity index (χ4v) is 1.64. The van der Waals surface area contributed by atoms with Gasteiger partial charge in [0.1, 0.15) is 0 Å². The third-order valence-electron chi connectivity index (χ3n) is 2.53. The van der Waals surface area contributed by atoms with Crippen LogP contribution in [0.5, 0.6) is 0 Å². The number of hydrogen-bond donors (Lipinski definition) is 2. The molecule has 0 aliphatic carbocycles. The van der Waals surface area contributed by atoms with Crippen LogP contribution in [-0.4, -0.2) is 46.7 Å². The zero-order valence-electron chi connectivity index (χ0n) is 7.43. The summed E-state index contributed by atoms with van der Waals surface area (Å²) in [5, 5.41) is 17.7. The number of carbonyl (C=O) groups excluding carboxylic acids is 1. The SMILES string of the molecule is CN1C(=O)CCC(C(=O)O)C1CO. The van der Waals surface area contributed by atoms with Crippen LogP contribution >= 0.6 is 0 Å². The predicted octanol–water partition coefficient (Wildman–Crippen LogP) is -0.700. The van der Waals surface area contributed by atoms with Crippen LogP contribution in [0.2, 0.25) is 0 Å². The van der Waals surface area contributed by atoms with E-state index in [0.29, 0.717) is 6.42 Å². The first-order valence-corrected chi connectivity index (χ1v) is 4.17. The number of aliphatic carboxylic acids is 1. The number of amides is 1. The van der Waals surface area contributed by atoms with E-state index in [-0.39, 0.29) is 18.9 Å². The number of aliphatic hydroxyl groups is 1. The number of aliphatic hydroxyl groups excluding tert-OH is 1. The summed E-state index contributed by atoms with van der Waals surface area (Å²) in [4.78, 5) is 23.2. The van der Waals surface area contributed by atoms with Gasteiger partial charge in [0.2, 0.25) is 5.91 Å². The molecule has 0 bridgehead atoms. The minimum atomic E-state index is -0.946. The first-order chi connectivity index (χ1) is 6.07. The van der Waals surface area contributed by atoms with Crippen LogP contribution in [0.15, 0.2) is 0 Å². The van der Waals surface area contributed by atoms with Gasteiger partial charge < -0.3 is 15.1 Å². The van der Waals surface area contributed by atoms with Gasteiger partial charge in [-0.2, -0.15) is 0 Å². The van der Waals surface area contributed by atoms with E-state index in [0.717, 1.165) is 0 Å². The molecule has 1 aliphatic heterocycles. The van der Waals surface area contributed by atoms with E-state index in [1.807, 2.05) is 0 Å². The number of nitrogens with zero attached hydrogens (tertiary/aromatic N) is 1. The van der Waals surface area contributed by atoms with Crippen LogP contribution in [0.1, 0.15) is 12.8 Å². The average molecular weight is 187 g/mol. The second-order valence-corrected chi connectivity index (χ2v) is 3.24. The molecule has 2 unspecified atom stereocenters. The van der Waals surface area contributed by atoms with Gasteiger partial charge in [0.25, 0.3) is 0 Å². The van der Waals surface area contributed by atoms with Crippen molar-refractivity contribution >= 4 is 11.9 Å². The topological polar surface area (TPSA) is 77.8 Å². The summed E-state index contributed by atoms with van der Waals surface area (Å²) in [6.07, 6.45) is 0.577. The van der Waals surface area contributed by atoms with E-state index in [4.69, 9.17) is 10.2 Å². The molecule has 0 saturated carbocycles. The molecule has 1 saturated heterocycles. The smallest absolute Gasteiger partial charge is 0.308 e. The second-order valence-electron chi connectivity index (χ2n) is 3.24. The molecule has 2 atom stereocenters. The van der Waals surface area contributed by atoms with E-state index in [9.17, 15) is 9.59 Å². The molecular weight excluding hydrogens is 174 g/mol. The summed E-state index contributed by atoms with van der Waals surface area (Å²) >= 11 is 0. The summed E-state index contributed by atoms with van der Waals surface area (Å²) in [5.41, 5.74) is 0. The zero-order valence-corrected chi connectivity index (χ0v) is 7.43. The molecule has 1 amide bonds. The highest BCUT2D eigenvalue weighted by Crippen LogP contribution is 2.23. The molecule has 1 rings (SSSR count). The monoisotopic (exact) mass is 187 g/mol. The van der Waals surface area contributed by atoms with Gasteiger partial charge in [-0.25, -0.2) is 0 Å². The molecule has 0 spiro atoms. The number of rotatable bonds is 2. The van der Waals surface area contributed by atoms with Crippen molar-refractivity contribution in [2.24, 2.45) is 5.92 Å². The van der Waals surface area contributed by atoms with E-state index in [1.165, 1.54) is 11.9 Å². The Morgan fingerprint density at radius 2 is 2.31 bits per heavy atom. The molecule has 0 radical (unpaired) electrons. The van der Waals surface area contributed by atoms with Crippen LogP contribution < -0.4 is 0 Å². The third kappa shape index (κ3) is 1.80. The molecule has 13 heavy (non-hydrogen) atoms. The number of carbonyl (C=O) groups is 2. The molecular formula is C8H13NO4. The Kier molecular flexibility index (Phi) is 2.87. The average Bonchev–Trinajstić information content (AvgIpc) is 2.09. The largest absolute Gasteiger partial charge is 0.481 e. The normalized spacial score (nSPS) is 29.1. The lowest BCUT2D eigenvalue weighted by Crippen LogP contribution is -2.50. The summed E-state index contributed by atoms with van der Waals surface area (Å²) in [6.45, 7) is -0.292. The molecule has 0 aromatic carbocycles. The molecule has 5 nitrogen and oxygen atoms in total. The van der Waals surface area contributed by atoms with Crippen LogP contribution in [0.4, 0.5) is 0 Å². The van der Waals surface area contributed by atoms with Crippen LogP contribution in [-0.2, 0) is 9.59 Å². The van der Waals surface area contributed by atoms with E-state index >= 15 is 0 Å². The first-order valence-electron chi connectivity index (χ1n) is 4.17. The number of likely N-dealkylation sites (N-methyl/N-ethyl adjacent to an activating group) is 1. The maximum atomic E-state index is 11.2. The molecule has 1 aliphatic rings. The number of piperidine rings is 1. The Labute approximate surface area is 76.0 Å². The number of hydrogen-bond acceptors (Lipinski definition) is 3. The minimum Gasteiger partial charge on any atom is -0.481 e. The Morgan fingerprint density at radius 3 is 2.77 bits per heavy atom. The molecule has 5 heteroatoms.